The van der Waals surface area contributed by atoms with Crippen LogP contribution in [0, 0.1) is 0 Å². The lowest BCUT2D eigenvalue weighted by atomic mass is 9.88. The Morgan fingerprint density at radius 3 is 3.07 bits per heavy atom. The van der Waals surface area contributed by atoms with Crippen molar-refractivity contribution in [3.63, 3.8) is 0 Å². The molecule has 3 aromatic rings. The lowest BCUT2D eigenvalue weighted by Gasteiger charge is -2.42. The van der Waals surface area contributed by atoms with Crippen LogP contribution in [-0.2, 0) is 22.2 Å². The molecule has 2 aromatic carbocycles. The first-order valence-corrected chi connectivity index (χ1v) is 12.1. The molecule has 3 heterocycles. The molecule has 2 aliphatic rings. The van der Waals surface area contributed by atoms with Gasteiger partial charge < -0.3 is 4.90 Å². The molecule has 30 heavy (non-hydrogen) atoms. The van der Waals surface area contributed by atoms with Crippen molar-refractivity contribution < 1.29 is 14.6 Å². The molecular formula is C20H19BrN4O3S2. The molecule has 0 amide bonds. The fourth-order valence-corrected chi connectivity index (χ4v) is 6.20. The highest BCUT2D eigenvalue weighted by Gasteiger charge is 2.31. The number of nitrogens with zero attached hydrogens (tertiary/aromatic N) is 4. The number of anilines is 1. The summed E-state index contributed by atoms with van der Waals surface area (Å²) in [5, 5.41) is 22.2. The van der Waals surface area contributed by atoms with Gasteiger partial charge in [-0.2, -0.15) is 0 Å². The van der Waals surface area contributed by atoms with Gasteiger partial charge in [0.15, 0.2) is 0 Å². The molecule has 1 aromatic heterocycles. The molecular weight excluding hydrogens is 488 g/mol. The Balaban J connectivity index is 1.57. The number of azo groups is 1. The zero-order chi connectivity index (χ0) is 20.7. The fourth-order valence-electron chi connectivity index (χ4n) is 4.28. The average Bonchev–Trinajstić information content (AvgIpc) is 3.16. The Kier molecular flexibility index (Phi) is 5.78. The van der Waals surface area contributed by atoms with Crippen molar-refractivity contribution in [1.82, 2.24) is 4.98 Å². The summed E-state index contributed by atoms with van der Waals surface area (Å²) in [5.41, 5.74) is 5.37. The molecule has 1 N–H and O–H groups in total. The molecule has 0 saturated carbocycles. The predicted octanol–water partition coefficient (Wildman–Crippen LogP) is 6.99. The zero-order valence-corrected chi connectivity index (χ0v) is 19.4. The van der Waals surface area contributed by atoms with Crippen LogP contribution in [0.4, 0.5) is 16.5 Å². The van der Waals surface area contributed by atoms with E-state index in [0.717, 1.165) is 63.9 Å². The van der Waals surface area contributed by atoms with Gasteiger partial charge in [0, 0.05) is 22.7 Å². The van der Waals surface area contributed by atoms with Crippen molar-refractivity contribution in [2.45, 2.75) is 43.5 Å². The molecule has 2 aliphatic heterocycles. The summed E-state index contributed by atoms with van der Waals surface area (Å²) >= 11 is 5.96. The summed E-state index contributed by atoms with van der Waals surface area (Å²) in [6.07, 6.45) is 4.14. The molecule has 0 radical (unpaired) electrons. The second-order valence-corrected chi connectivity index (χ2v) is 10.1. The van der Waals surface area contributed by atoms with Crippen molar-refractivity contribution in [2.24, 2.45) is 10.2 Å². The van der Waals surface area contributed by atoms with Crippen molar-refractivity contribution in [2.75, 3.05) is 11.4 Å². The number of hydrogen-bond donors (Lipinski definition) is 1. The second-order valence-electron chi connectivity index (χ2n) is 7.43. The van der Waals surface area contributed by atoms with Crippen LogP contribution in [0.15, 0.2) is 43.9 Å². The topological polar surface area (TPSA) is 79.5 Å². The average molecular weight is 507 g/mol. The van der Waals surface area contributed by atoms with E-state index in [-0.39, 0.29) is 0 Å². The van der Waals surface area contributed by atoms with E-state index in [1.165, 1.54) is 28.2 Å². The summed E-state index contributed by atoms with van der Waals surface area (Å²) < 4.78 is 6.89. The van der Waals surface area contributed by atoms with Crippen molar-refractivity contribution in [3.8, 4) is 0 Å². The van der Waals surface area contributed by atoms with Gasteiger partial charge in [-0.1, -0.05) is 32.3 Å². The van der Waals surface area contributed by atoms with Crippen LogP contribution >= 0.6 is 39.3 Å². The standard InChI is InChI=1S/C20H19BrN4O3S2/c1-11-4-5-12-9-16(19(30-28-27-26)14-3-2-8-25(11)18(12)14)23-24-20-22-15-7-6-13(21)10-17(15)29-20/h6-7,9-11,26H,2-5,8H2,1H3. The van der Waals surface area contributed by atoms with Crippen LogP contribution in [0.1, 0.15) is 30.9 Å². The van der Waals surface area contributed by atoms with Crippen molar-refractivity contribution >= 4 is 66.0 Å². The van der Waals surface area contributed by atoms with E-state index < -0.39 is 0 Å². The number of aryl methyl sites for hydroxylation is 1. The summed E-state index contributed by atoms with van der Waals surface area (Å²) in [7, 11) is 0. The maximum atomic E-state index is 8.72. The van der Waals surface area contributed by atoms with Gasteiger partial charge in [-0.15, -0.1) is 14.6 Å². The monoisotopic (exact) mass is 506 g/mol. The number of aromatic nitrogens is 1. The third-order valence-electron chi connectivity index (χ3n) is 5.61. The smallest absolute Gasteiger partial charge is 0.231 e. The number of halogens is 1. The summed E-state index contributed by atoms with van der Waals surface area (Å²) in [6.45, 7) is 3.34. The Labute approximate surface area is 190 Å². The summed E-state index contributed by atoms with van der Waals surface area (Å²) in [4.78, 5) is 7.86. The van der Waals surface area contributed by atoms with Gasteiger partial charge in [-0.3, -0.25) is 0 Å². The highest BCUT2D eigenvalue weighted by atomic mass is 79.9. The Morgan fingerprint density at radius 1 is 1.30 bits per heavy atom. The minimum atomic E-state index is 0.513. The highest BCUT2D eigenvalue weighted by molar-refractivity contribution is 9.10. The van der Waals surface area contributed by atoms with Crippen LogP contribution in [0.25, 0.3) is 10.2 Å². The molecule has 156 valence electrons. The quantitative estimate of drug-likeness (QED) is 0.174. The van der Waals surface area contributed by atoms with Crippen LogP contribution < -0.4 is 4.90 Å². The third kappa shape index (κ3) is 3.76. The first kappa shape index (κ1) is 20.3. The third-order valence-corrected chi connectivity index (χ3v) is 7.76. The van der Waals surface area contributed by atoms with Gasteiger partial charge in [0.25, 0.3) is 0 Å². The normalized spacial score (nSPS) is 18.4. The van der Waals surface area contributed by atoms with Gasteiger partial charge in [-0.05, 0) is 68.0 Å². The molecule has 0 spiro atoms. The Hall–Kier alpha value is -1.56. The van der Waals surface area contributed by atoms with Gasteiger partial charge >= 0.3 is 0 Å². The summed E-state index contributed by atoms with van der Waals surface area (Å²) in [5.74, 6) is 0. The maximum absolute atomic E-state index is 8.72. The minimum absolute atomic E-state index is 0.513. The van der Waals surface area contributed by atoms with E-state index in [1.54, 1.807) is 0 Å². The lowest BCUT2D eigenvalue weighted by molar-refractivity contribution is -0.432. The van der Waals surface area contributed by atoms with Crippen LogP contribution in [0.5, 0.6) is 0 Å². The van der Waals surface area contributed by atoms with Gasteiger partial charge in [0.2, 0.25) is 5.13 Å². The highest BCUT2D eigenvalue weighted by Crippen LogP contribution is 2.47. The predicted molar refractivity (Wildman–Crippen MR) is 122 cm³/mol. The first-order valence-electron chi connectivity index (χ1n) is 9.72. The van der Waals surface area contributed by atoms with E-state index in [9.17, 15) is 0 Å². The molecule has 0 aliphatic carbocycles. The molecule has 0 saturated heterocycles. The second kappa shape index (κ2) is 8.52. The Morgan fingerprint density at radius 2 is 2.20 bits per heavy atom. The fraction of sp³-hybridized carbons (Fsp3) is 0.350. The van der Waals surface area contributed by atoms with Gasteiger partial charge in [0.1, 0.15) is 5.69 Å². The molecule has 10 heteroatoms. The number of fused-ring (bicyclic) bond motifs is 1. The van der Waals surface area contributed by atoms with Crippen LogP contribution in [0.2, 0.25) is 0 Å². The van der Waals surface area contributed by atoms with E-state index in [0.29, 0.717) is 16.9 Å². The van der Waals surface area contributed by atoms with E-state index in [1.807, 2.05) is 18.2 Å². The SMILES string of the molecule is CC1CCc2cc(N=Nc3nc4ccc(Br)cc4s3)c(SOOO)c3c2N1CCC3. The van der Waals surface area contributed by atoms with Crippen LogP contribution in [-0.4, -0.2) is 22.8 Å². The molecule has 1 unspecified atom stereocenters. The van der Waals surface area contributed by atoms with E-state index in [4.69, 9.17) is 9.59 Å². The number of thiazole rings is 1. The van der Waals surface area contributed by atoms with Gasteiger partial charge in [0.05, 0.1) is 27.2 Å². The van der Waals surface area contributed by atoms with Crippen LogP contribution in [0.3, 0.4) is 0 Å². The van der Waals surface area contributed by atoms with E-state index in [2.05, 4.69) is 54.1 Å². The lowest BCUT2D eigenvalue weighted by Crippen LogP contribution is -2.41. The largest absolute Gasteiger partial charge is 0.368 e. The maximum Gasteiger partial charge on any atom is 0.231 e. The number of benzene rings is 2. The van der Waals surface area contributed by atoms with Crippen molar-refractivity contribution in [3.05, 3.63) is 39.9 Å². The molecule has 0 fully saturated rings. The number of rotatable bonds is 5. The summed E-state index contributed by atoms with van der Waals surface area (Å²) in [6, 6.07) is 8.54. The molecule has 5 rings (SSSR count). The first-order chi connectivity index (χ1) is 14.6. The Bertz CT molecular complexity index is 1140. The number of hydrogen-bond acceptors (Lipinski definition) is 9. The molecule has 0 bridgehead atoms. The molecule has 1 atom stereocenters. The minimum Gasteiger partial charge on any atom is -0.368 e. The van der Waals surface area contributed by atoms with Gasteiger partial charge in [-0.25, -0.2) is 10.2 Å². The van der Waals surface area contributed by atoms with Crippen molar-refractivity contribution in [1.29, 1.82) is 0 Å². The molecule has 7 nitrogen and oxygen atoms in total. The van der Waals surface area contributed by atoms with E-state index >= 15 is 0 Å². The zero-order valence-electron chi connectivity index (χ0n) is 16.2.